The summed E-state index contributed by atoms with van der Waals surface area (Å²) in [5.74, 6) is 0.507. The highest BCUT2D eigenvalue weighted by molar-refractivity contribution is 6.09. The number of hydrogen-bond donors (Lipinski definition) is 3. The zero-order chi connectivity index (χ0) is 14.2. The molecule has 2 aliphatic rings. The number of aromatic amines is 1. The number of carbonyl (C=O) groups is 1. The van der Waals surface area contributed by atoms with Gasteiger partial charge in [-0.05, 0) is 44.8 Å². The highest BCUT2D eigenvalue weighted by atomic mass is 16.1. The molecule has 0 aromatic carbocycles. The minimum absolute atomic E-state index is 0.241. The Kier molecular flexibility index (Phi) is 3.15. The van der Waals surface area contributed by atoms with Crippen LogP contribution in [0.5, 0.6) is 0 Å². The quantitative estimate of drug-likeness (QED) is 0.754. The van der Waals surface area contributed by atoms with Crippen LogP contribution < -0.4 is 10.6 Å². The second kappa shape index (κ2) is 5.15. The standard InChI is InChI=1S/C16H20N4O/c21-15(10-1-2-10)14-9-19-16-13(14)7-12(8-18-16)20-11-3-5-17-6-4-11/h7-11,17,20H,1-6H2,(H,18,19). The summed E-state index contributed by atoms with van der Waals surface area (Å²) in [7, 11) is 0. The molecule has 0 amide bonds. The Balaban J connectivity index is 1.61. The third-order valence-electron chi connectivity index (χ3n) is 4.45. The van der Waals surface area contributed by atoms with Crippen molar-refractivity contribution in [3.05, 3.63) is 24.0 Å². The summed E-state index contributed by atoms with van der Waals surface area (Å²) in [6.07, 6.45) is 7.98. The number of piperidine rings is 1. The number of anilines is 1. The molecular formula is C16H20N4O. The van der Waals surface area contributed by atoms with Crippen molar-refractivity contribution >= 4 is 22.5 Å². The minimum Gasteiger partial charge on any atom is -0.381 e. The molecule has 2 aromatic rings. The maximum Gasteiger partial charge on any atom is 0.168 e. The average Bonchev–Trinajstić information content (AvgIpc) is 3.28. The fourth-order valence-electron chi connectivity index (χ4n) is 3.05. The van der Waals surface area contributed by atoms with Crippen LogP contribution in [0.25, 0.3) is 11.0 Å². The topological polar surface area (TPSA) is 69.8 Å². The molecule has 1 aliphatic heterocycles. The Labute approximate surface area is 123 Å². The second-order valence-electron chi connectivity index (χ2n) is 6.13. The summed E-state index contributed by atoms with van der Waals surface area (Å²) in [5, 5.41) is 7.86. The van der Waals surface area contributed by atoms with Gasteiger partial charge in [0.2, 0.25) is 0 Å². The zero-order valence-electron chi connectivity index (χ0n) is 12.0. The number of nitrogens with one attached hydrogen (secondary N) is 3. The van der Waals surface area contributed by atoms with Gasteiger partial charge in [0.1, 0.15) is 5.65 Å². The molecule has 1 aliphatic carbocycles. The fourth-order valence-corrected chi connectivity index (χ4v) is 3.05. The Hall–Kier alpha value is -1.88. The van der Waals surface area contributed by atoms with E-state index in [4.69, 9.17) is 0 Å². The van der Waals surface area contributed by atoms with E-state index in [9.17, 15) is 4.79 Å². The van der Waals surface area contributed by atoms with Crippen LogP contribution >= 0.6 is 0 Å². The maximum absolute atomic E-state index is 12.3. The first-order valence-electron chi connectivity index (χ1n) is 7.80. The van der Waals surface area contributed by atoms with E-state index in [1.807, 2.05) is 12.4 Å². The molecule has 0 spiro atoms. The van der Waals surface area contributed by atoms with Crippen LogP contribution in [0.1, 0.15) is 36.0 Å². The van der Waals surface area contributed by atoms with Crippen LogP contribution in [-0.2, 0) is 0 Å². The van der Waals surface area contributed by atoms with E-state index in [2.05, 4.69) is 26.7 Å². The lowest BCUT2D eigenvalue weighted by Crippen LogP contribution is -2.35. The highest BCUT2D eigenvalue weighted by Crippen LogP contribution is 2.34. The third kappa shape index (κ3) is 2.53. The molecule has 5 nitrogen and oxygen atoms in total. The molecular weight excluding hydrogens is 264 g/mol. The zero-order valence-corrected chi connectivity index (χ0v) is 12.0. The Morgan fingerprint density at radius 1 is 1.24 bits per heavy atom. The third-order valence-corrected chi connectivity index (χ3v) is 4.45. The van der Waals surface area contributed by atoms with Crippen molar-refractivity contribution in [2.45, 2.75) is 31.7 Å². The van der Waals surface area contributed by atoms with Crippen LogP contribution in [0.4, 0.5) is 5.69 Å². The number of hydrogen-bond acceptors (Lipinski definition) is 4. The Morgan fingerprint density at radius 2 is 2.05 bits per heavy atom. The van der Waals surface area contributed by atoms with Crippen LogP contribution in [-0.4, -0.2) is 34.9 Å². The smallest absolute Gasteiger partial charge is 0.168 e. The normalized spacial score (nSPS) is 19.8. The van der Waals surface area contributed by atoms with Crippen molar-refractivity contribution in [3.8, 4) is 0 Å². The van der Waals surface area contributed by atoms with Gasteiger partial charge in [-0.1, -0.05) is 0 Å². The SMILES string of the molecule is O=C(c1c[nH]c2ncc(NC3CCNCC3)cc12)C1CC1. The first-order valence-corrected chi connectivity index (χ1v) is 7.80. The monoisotopic (exact) mass is 284 g/mol. The molecule has 0 atom stereocenters. The first kappa shape index (κ1) is 12.8. The summed E-state index contributed by atoms with van der Waals surface area (Å²) in [6.45, 7) is 2.12. The predicted molar refractivity (Wildman–Crippen MR) is 82.7 cm³/mol. The molecule has 4 rings (SSSR count). The number of H-pyrrole nitrogens is 1. The van der Waals surface area contributed by atoms with Crippen LogP contribution in [0.3, 0.4) is 0 Å². The molecule has 3 heterocycles. The van der Waals surface area contributed by atoms with E-state index in [1.54, 1.807) is 0 Å². The molecule has 5 heteroatoms. The molecule has 0 radical (unpaired) electrons. The molecule has 2 fully saturated rings. The average molecular weight is 284 g/mol. The van der Waals surface area contributed by atoms with E-state index in [0.29, 0.717) is 6.04 Å². The number of aromatic nitrogens is 2. The number of ketones is 1. The van der Waals surface area contributed by atoms with Crippen molar-refractivity contribution in [2.24, 2.45) is 5.92 Å². The number of carbonyl (C=O) groups excluding carboxylic acids is 1. The molecule has 2 aromatic heterocycles. The van der Waals surface area contributed by atoms with Crippen LogP contribution in [0.15, 0.2) is 18.5 Å². The van der Waals surface area contributed by atoms with Crippen molar-refractivity contribution in [2.75, 3.05) is 18.4 Å². The van der Waals surface area contributed by atoms with Gasteiger partial charge < -0.3 is 15.6 Å². The van der Waals surface area contributed by atoms with Crippen molar-refractivity contribution in [3.63, 3.8) is 0 Å². The second-order valence-corrected chi connectivity index (χ2v) is 6.13. The number of rotatable bonds is 4. The molecule has 1 saturated heterocycles. The van der Waals surface area contributed by atoms with Gasteiger partial charge in [-0.3, -0.25) is 4.79 Å². The summed E-state index contributed by atoms with van der Waals surface area (Å²) < 4.78 is 0. The number of nitrogens with zero attached hydrogens (tertiary/aromatic N) is 1. The lowest BCUT2D eigenvalue weighted by Gasteiger charge is -2.24. The number of pyridine rings is 1. The van der Waals surface area contributed by atoms with Crippen LogP contribution in [0, 0.1) is 5.92 Å². The lowest BCUT2D eigenvalue weighted by molar-refractivity contribution is 0.0969. The van der Waals surface area contributed by atoms with Gasteiger partial charge in [0.05, 0.1) is 11.9 Å². The fraction of sp³-hybridized carbons (Fsp3) is 0.500. The van der Waals surface area contributed by atoms with E-state index in [1.165, 1.54) is 0 Å². The molecule has 0 bridgehead atoms. The Bertz CT molecular complexity index is 668. The first-order chi connectivity index (χ1) is 10.3. The minimum atomic E-state index is 0.241. The molecule has 3 N–H and O–H groups in total. The van der Waals surface area contributed by atoms with E-state index in [0.717, 1.165) is 61.1 Å². The van der Waals surface area contributed by atoms with Crippen molar-refractivity contribution in [1.82, 2.24) is 15.3 Å². The highest BCUT2D eigenvalue weighted by Gasteiger charge is 2.32. The van der Waals surface area contributed by atoms with E-state index in [-0.39, 0.29) is 11.7 Å². The van der Waals surface area contributed by atoms with Crippen LogP contribution in [0.2, 0.25) is 0 Å². The van der Waals surface area contributed by atoms with E-state index >= 15 is 0 Å². The maximum atomic E-state index is 12.3. The predicted octanol–water partition coefficient (Wildman–Crippen LogP) is 2.32. The summed E-state index contributed by atoms with van der Waals surface area (Å²) in [4.78, 5) is 19.9. The lowest BCUT2D eigenvalue weighted by atomic mass is 10.1. The van der Waals surface area contributed by atoms with Crippen molar-refractivity contribution < 1.29 is 4.79 Å². The van der Waals surface area contributed by atoms with Gasteiger partial charge in [0, 0.05) is 29.1 Å². The molecule has 0 unspecified atom stereocenters. The number of fused-ring (bicyclic) bond motifs is 1. The summed E-state index contributed by atoms with van der Waals surface area (Å²) >= 11 is 0. The van der Waals surface area contributed by atoms with Gasteiger partial charge in [-0.25, -0.2) is 4.98 Å². The van der Waals surface area contributed by atoms with Gasteiger partial charge in [-0.2, -0.15) is 0 Å². The summed E-state index contributed by atoms with van der Waals surface area (Å²) in [5.41, 5.74) is 2.61. The van der Waals surface area contributed by atoms with Gasteiger partial charge in [0.25, 0.3) is 0 Å². The van der Waals surface area contributed by atoms with Gasteiger partial charge >= 0.3 is 0 Å². The van der Waals surface area contributed by atoms with E-state index < -0.39 is 0 Å². The van der Waals surface area contributed by atoms with Gasteiger partial charge in [-0.15, -0.1) is 0 Å². The molecule has 21 heavy (non-hydrogen) atoms. The number of Topliss-reactive ketones (excluding diaryl/α,β-unsaturated/α-hetero) is 1. The molecule has 1 saturated carbocycles. The summed E-state index contributed by atoms with van der Waals surface area (Å²) in [6, 6.07) is 2.56. The van der Waals surface area contributed by atoms with Crippen molar-refractivity contribution in [1.29, 1.82) is 0 Å². The van der Waals surface area contributed by atoms with Gasteiger partial charge in [0.15, 0.2) is 5.78 Å². The largest absolute Gasteiger partial charge is 0.381 e. The Morgan fingerprint density at radius 3 is 2.81 bits per heavy atom. The molecule has 110 valence electrons.